The van der Waals surface area contributed by atoms with Crippen LogP contribution >= 0.6 is 11.8 Å². The van der Waals surface area contributed by atoms with Gasteiger partial charge in [0.15, 0.2) is 0 Å². The number of hydrogen-bond donors (Lipinski definition) is 1. The van der Waals surface area contributed by atoms with Crippen molar-refractivity contribution in [3.05, 3.63) is 29.6 Å². The van der Waals surface area contributed by atoms with Gasteiger partial charge in [-0.1, -0.05) is 6.07 Å². The van der Waals surface area contributed by atoms with Crippen molar-refractivity contribution >= 4 is 11.8 Å². The van der Waals surface area contributed by atoms with E-state index in [2.05, 4.69) is 0 Å². The quantitative estimate of drug-likeness (QED) is 0.787. The first-order chi connectivity index (χ1) is 6.33. The van der Waals surface area contributed by atoms with E-state index in [0.29, 0.717) is 12.5 Å². The minimum Gasteiger partial charge on any atom is -0.330 e. The van der Waals surface area contributed by atoms with Crippen LogP contribution in [0.2, 0.25) is 0 Å². The van der Waals surface area contributed by atoms with Crippen LogP contribution in [0.1, 0.15) is 17.9 Å². The molecule has 0 aliphatic carbocycles. The summed E-state index contributed by atoms with van der Waals surface area (Å²) >= 11 is 1.73. The van der Waals surface area contributed by atoms with Gasteiger partial charge in [0.1, 0.15) is 5.82 Å². The lowest BCUT2D eigenvalue weighted by atomic mass is 9.97. The van der Waals surface area contributed by atoms with Gasteiger partial charge in [-0.2, -0.15) is 0 Å². The van der Waals surface area contributed by atoms with Crippen LogP contribution in [-0.2, 0) is 0 Å². The van der Waals surface area contributed by atoms with E-state index in [1.165, 1.54) is 6.07 Å². The van der Waals surface area contributed by atoms with Gasteiger partial charge in [-0.25, -0.2) is 4.39 Å². The molecule has 1 heterocycles. The molecule has 1 aliphatic rings. The second-order valence-corrected chi connectivity index (χ2v) is 4.30. The maximum Gasteiger partial charge on any atom is 0.127 e. The van der Waals surface area contributed by atoms with Gasteiger partial charge in [0.25, 0.3) is 0 Å². The Morgan fingerprint density at radius 1 is 1.54 bits per heavy atom. The van der Waals surface area contributed by atoms with E-state index in [1.807, 2.05) is 6.07 Å². The fourth-order valence-electron chi connectivity index (χ4n) is 1.74. The lowest BCUT2D eigenvalue weighted by molar-refractivity contribution is 0.577. The fourth-order valence-corrected chi connectivity index (χ4v) is 3.05. The van der Waals surface area contributed by atoms with E-state index in [0.717, 1.165) is 22.6 Å². The zero-order chi connectivity index (χ0) is 9.26. The van der Waals surface area contributed by atoms with E-state index in [-0.39, 0.29) is 5.82 Å². The molecule has 2 rings (SSSR count). The molecule has 1 aromatic rings. The predicted molar refractivity (Wildman–Crippen MR) is 53.5 cm³/mol. The summed E-state index contributed by atoms with van der Waals surface area (Å²) in [5.74, 6) is 1.24. The molecule has 1 aromatic carbocycles. The van der Waals surface area contributed by atoms with Crippen molar-refractivity contribution in [2.24, 2.45) is 5.73 Å². The van der Waals surface area contributed by atoms with Crippen LogP contribution in [0.15, 0.2) is 23.1 Å². The molecule has 0 saturated heterocycles. The lowest BCUT2D eigenvalue weighted by Crippen LogP contribution is -2.07. The molecule has 3 heteroatoms. The maximum atomic E-state index is 13.4. The Bertz CT molecular complexity index is 312. The Hall–Kier alpha value is -0.540. The number of thioether (sulfide) groups is 1. The summed E-state index contributed by atoms with van der Waals surface area (Å²) in [4.78, 5) is 1.10. The third-order valence-electron chi connectivity index (χ3n) is 2.38. The molecule has 0 saturated carbocycles. The lowest BCUT2D eigenvalue weighted by Gasteiger charge is -2.08. The van der Waals surface area contributed by atoms with Crippen LogP contribution in [0.25, 0.3) is 0 Å². The summed E-state index contributed by atoms with van der Waals surface area (Å²) in [6.45, 7) is 0.638. The van der Waals surface area contributed by atoms with E-state index >= 15 is 0 Å². The van der Waals surface area contributed by atoms with Gasteiger partial charge in [0, 0.05) is 16.2 Å². The molecule has 13 heavy (non-hydrogen) atoms. The van der Waals surface area contributed by atoms with Gasteiger partial charge >= 0.3 is 0 Å². The predicted octanol–water partition coefficient (Wildman–Crippen LogP) is 2.36. The number of rotatable bonds is 2. The van der Waals surface area contributed by atoms with Crippen molar-refractivity contribution in [3.8, 4) is 0 Å². The van der Waals surface area contributed by atoms with E-state index < -0.39 is 0 Å². The maximum absolute atomic E-state index is 13.4. The van der Waals surface area contributed by atoms with Crippen LogP contribution in [0.3, 0.4) is 0 Å². The van der Waals surface area contributed by atoms with E-state index in [9.17, 15) is 4.39 Å². The van der Waals surface area contributed by atoms with Gasteiger partial charge < -0.3 is 5.73 Å². The minimum atomic E-state index is -0.0686. The summed E-state index contributed by atoms with van der Waals surface area (Å²) in [5, 5.41) is 0. The van der Waals surface area contributed by atoms with Crippen molar-refractivity contribution in [2.75, 3.05) is 12.3 Å². The van der Waals surface area contributed by atoms with Gasteiger partial charge in [0.05, 0.1) is 0 Å². The van der Waals surface area contributed by atoms with Crippen molar-refractivity contribution in [2.45, 2.75) is 17.2 Å². The summed E-state index contributed by atoms with van der Waals surface area (Å²) < 4.78 is 13.4. The van der Waals surface area contributed by atoms with Crippen molar-refractivity contribution < 1.29 is 4.39 Å². The molecule has 1 aliphatic heterocycles. The molecule has 0 aromatic heterocycles. The summed E-state index contributed by atoms with van der Waals surface area (Å²) in [5.41, 5.74) is 6.37. The van der Waals surface area contributed by atoms with Crippen LogP contribution in [0, 0.1) is 5.82 Å². The Balaban J connectivity index is 2.34. The highest BCUT2D eigenvalue weighted by molar-refractivity contribution is 7.99. The highest BCUT2D eigenvalue weighted by atomic mass is 32.2. The van der Waals surface area contributed by atoms with Gasteiger partial charge in [-0.15, -0.1) is 11.8 Å². The molecule has 1 nitrogen and oxygen atoms in total. The Morgan fingerprint density at radius 3 is 3.15 bits per heavy atom. The molecular formula is C10H12FNS. The zero-order valence-corrected chi connectivity index (χ0v) is 8.11. The highest BCUT2D eigenvalue weighted by Crippen LogP contribution is 2.42. The third kappa shape index (κ3) is 1.58. The number of nitrogens with two attached hydrogens (primary N) is 1. The van der Waals surface area contributed by atoms with Crippen LogP contribution in [-0.4, -0.2) is 12.3 Å². The smallest absolute Gasteiger partial charge is 0.127 e. The normalized spacial score (nSPS) is 20.3. The molecule has 0 spiro atoms. The molecule has 1 atom stereocenters. The highest BCUT2D eigenvalue weighted by Gasteiger charge is 2.25. The van der Waals surface area contributed by atoms with Gasteiger partial charge in [-0.05, 0) is 31.0 Å². The molecule has 2 N–H and O–H groups in total. The average molecular weight is 197 g/mol. The summed E-state index contributed by atoms with van der Waals surface area (Å²) in [6.07, 6.45) is 0.890. The minimum absolute atomic E-state index is 0.0686. The zero-order valence-electron chi connectivity index (χ0n) is 7.29. The SMILES string of the molecule is NCCC1CSc2cccc(F)c21. The molecule has 0 radical (unpaired) electrons. The Morgan fingerprint density at radius 2 is 2.38 bits per heavy atom. The number of benzene rings is 1. The largest absolute Gasteiger partial charge is 0.330 e. The monoisotopic (exact) mass is 197 g/mol. The number of hydrogen-bond acceptors (Lipinski definition) is 2. The molecule has 0 amide bonds. The van der Waals surface area contributed by atoms with Crippen molar-refractivity contribution in [1.82, 2.24) is 0 Å². The summed E-state index contributed by atoms with van der Waals surface area (Å²) in [6, 6.07) is 5.29. The fraction of sp³-hybridized carbons (Fsp3) is 0.400. The molecule has 0 fully saturated rings. The Labute approximate surface area is 81.5 Å². The molecule has 1 unspecified atom stereocenters. The first kappa shape index (κ1) is 9.03. The number of halogens is 1. The van der Waals surface area contributed by atoms with E-state index in [1.54, 1.807) is 17.8 Å². The second-order valence-electron chi connectivity index (χ2n) is 3.24. The Kier molecular flexibility index (Phi) is 2.56. The van der Waals surface area contributed by atoms with Crippen molar-refractivity contribution in [3.63, 3.8) is 0 Å². The first-order valence-corrected chi connectivity index (χ1v) is 5.42. The average Bonchev–Trinajstić information content (AvgIpc) is 2.51. The van der Waals surface area contributed by atoms with E-state index in [4.69, 9.17) is 5.73 Å². The molecule has 70 valence electrons. The second kappa shape index (κ2) is 3.68. The van der Waals surface area contributed by atoms with Gasteiger partial charge in [-0.3, -0.25) is 0 Å². The van der Waals surface area contributed by atoms with Gasteiger partial charge in [0.2, 0.25) is 0 Å². The van der Waals surface area contributed by atoms with Crippen LogP contribution < -0.4 is 5.73 Å². The third-order valence-corrected chi connectivity index (χ3v) is 3.61. The number of fused-ring (bicyclic) bond motifs is 1. The standard InChI is InChI=1S/C10H12FNS/c11-8-2-1-3-9-10(8)7(4-5-12)6-13-9/h1-3,7H,4-6,12H2. The first-order valence-electron chi connectivity index (χ1n) is 4.44. The summed E-state index contributed by atoms with van der Waals surface area (Å²) in [7, 11) is 0. The van der Waals surface area contributed by atoms with Crippen LogP contribution in [0.4, 0.5) is 4.39 Å². The molecular weight excluding hydrogens is 185 g/mol. The van der Waals surface area contributed by atoms with Crippen LogP contribution in [0.5, 0.6) is 0 Å². The van der Waals surface area contributed by atoms with Crippen molar-refractivity contribution in [1.29, 1.82) is 0 Å². The topological polar surface area (TPSA) is 26.0 Å². The molecule has 0 bridgehead atoms.